The van der Waals surface area contributed by atoms with Crippen LogP contribution >= 0.6 is 0 Å². The van der Waals surface area contributed by atoms with Crippen molar-refractivity contribution in [2.45, 2.75) is 33.2 Å². The average molecular weight is 245 g/mol. The fraction of sp³-hybridized carbons (Fsp3) is 0.818. The molecule has 0 aromatic rings. The van der Waals surface area contributed by atoms with Crippen LogP contribution in [0.25, 0.3) is 0 Å². The second-order valence-electron chi connectivity index (χ2n) is 5.05. The first-order valence-electron chi connectivity index (χ1n) is 5.62. The number of amides is 2. The van der Waals surface area contributed by atoms with E-state index in [4.69, 9.17) is 16.2 Å². The van der Waals surface area contributed by atoms with Crippen LogP contribution in [0.15, 0.2) is 0 Å². The summed E-state index contributed by atoms with van der Waals surface area (Å²) in [6, 6.07) is -0.186. The van der Waals surface area contributed by atoms with E-state index in [1.54, 1.807) is 0 Å². The van der Waals surface area contributed by atoms with Crippen LogP contribution in [0, 0.1) is 5.41 Å². The number of nitrogens with two attached hydrogens (primary N) is 2. The number of carbonyl (C=O) groups is 2. The van der Waals surface area contributed by atoms with Gasteiger partial charge in [-0.1, -0.05) is 20.8 Å². The maximum Gasteiger partial charge on any atom is 0.243 e. The molecule has 0 fully saturated rings. The maximum atomic E-state index is 11.5. The van der Waals surface area contributed by atoms with E-state index in [1.807, 2.05) is 20.8 Å². The number of nitrogens with one attached hydrogen (secondary N) is 1. The monoisotopic (exact) mass is 245 g/mol. The number of carbonyl (C=O) groups excluding carboxylic acids is 2. The summed E-state index contributed by atoms with van der Waals surface area (Å²) in [5.41, 5.74) is 10.7. The summed E-state index contributed by atoms with van der Waals surface area (Å²) < 4.78 is 4.90. The van der Waals surface area contributed by atoms with E-state index < -0.39 is 5.91 Å². The van der Waals surface area contributed by atoms with Crippen molar-refractivity contribution >= 4 is 11.8 Å². The molecule has 0 aromatic heterocycles. The lowest BCUT2D eigenvalue weighted by atomic mass is 9.85. The Hall–Kier alpha value is -1.14. The molecule has 0 bridgehead atoms. The molecule has 0 aliphatic carbocycles. The number of hydrogen-bond acceptors (Lipinski definition) is 4. The lowest BCUT2D eigenvalue weighted by Gasteiger charge is -2.26. The third-order valence-corrected chi connectivity index (χ3v) is 2.33. The zero-order valence-electron chi connectivity index (χ0n) is 10.8. The molecule has 0 heterocycles. The van der Waals surface area contributed by atoms with Gasteiger partial charge in [-0.15, -0.1) is 0 Å². The van der Waals surface area contributed by atoms with Crippen LogP contribution in [0.1, 0.15) is 27.2 Å². The molecule has 0 saturated heterocycles. The molecule has 0 aliphatic heterocycles. The molecule has 2 amide bonds. The van der Waals surface area contributed by atoms with E-state index in [-0.39, 0.29) is 37.0 Å². The number of ether oxygens (including phenoxy) is 1. The zero-order valence-corrected chi connectivity index (χ0v) is 10.8. The largest absolute Gasteiger partial charge is 0.370 e. The molecule has 6 nitrogen and oxygen atoms in total. The van der Waals surface area contributed by atoms with Gasteiger partial charge in [0.05, 0.1) is 6.61 Å². The Morgan fingerprint density at radius 3 is 2.41 bits per heavy atom. The van der Waals surface area contributed by atoms with Crippen molar-refractivity contribution in [2.24, 2.45) is 16.9 Å². The molecular weight excluding hydrogens is 222 g/mol. The zero-order chi connectivity index (χ0) is 13.5. The summed E-state index contributed by atoms with van der Waals surface area (Å²) in [5, 5.41) is 2.66. The number of primary amides is 1. The van der Waals surface area contributed by atoms with Crippen molar-refractivity contribution in [3.63, 3.8) is 0 Å². The van der Waals surface area contributed by atoms with Crippen LogP contribution < -0.4 is 16.8 Å². The Balaban J connectivity index is 3.64. The van der Waals surface area contributed by atoms with E-state index in [0.717, 1.165) is 0 Å². The molecule has 0 rings (SSSR count). The minimum absolute atomic E-state index is 0.0974. The lowest BCUT2D eigenvalue weighted by Crippen LogP contribution is -2.40. The first-order valence-corrected chi connectivity index (χ1v) is 5.62. The highest BCUT2D eigenvalue weighted by Crippen LogP contribution is 2.19. The van der Waals surface area contributed by atoms with Gasteiger partial charge in [0.25, 0.3) is 0 Å². The molecule has 6 heteroatoms. The Morgan fingerprint density at radius 1 is 1.35 bits per heavy atom. The van der Waals surface area contributed by atoms with E-state index in [0.29, 0.717) is 6.54 Å². The van der Waals surface area contributed by atoms with Crippen molar-refractivity contribution in [1.82, 2.24) is 5.32 Å². The molecule has 100 valence electrons. The first kappa shape index (κ1) is 15.9. The van der Waals surface area contributed by atoms with Gasteiger partial charge in [0.2, 0.25) is 11.8 Å². The van der Waals surface area contributed by atoms with Crippen LogP contribution in [-0.4, -0.2) is 37.6 Å². The highest BCUT2D eigenvalue weighted by Gasteiger charge is 2.22. The summed E-state index contributed by atoms with van der Waals surface area (Å²) in [4.78, 5) is 21.8. The van der Waals surface area contributed by atoms with E-state index in [9.17, 15) is 9.59 Å². The molecule has 0 aliphatic rings. The fourth-order valence-corrected chi connectivity index (χ4v) is 1.01. The lowest BCUT2D eigenvalue weighted by molar-refractivity contribution is -0.123. The number of hydrogen-bond donors (Lipinski definition) is 3. The predicted octanol–water partition coefficient (Wildman–Crippen LogP) is -0.632. The summed E-state index contributed by atoms with van der Waals surface area (Å²) in [6.07, 6.45) is 0.277. The van der Waals surface area contributed by atoms with Gasteiger partial charge in [0.1, 0.15) is 6.61 Å². The van der Waals surface area contributed by atoms with Crippen molar-refractivity contribution in [3.8, 4) is 0 Å². The van der Waals surface area contributed by atoms with Gasteiger partial charge >= 0.3 is 0 Å². The van der Waals surface area contributed by atoms with E-state index >= 15 is 0 Å². The van der Waals surface area contributed by atoms with Gasteiger partial charge in [-0.3, -0.25) is 9.59 Å². The maximum absolute atomic E-state index is 11.5. The highest BCUT2D eigenvalue weighted by atomic mass is 16.5. The Kier molecular flexibility index (Phi) is 6.75. The molecule has 0 aromatic carbocycles. The van der Waals surface area contributed by atoms with Crippen molar-refractivity contribution in [1.29, 1.82) is 0 Å². The summed E-state index contributed by atoms with van der Waals surface area (Å²) in [7, 11) is 0. The van der Waals surface area contributed by atoms with Crippen LogP contribution in [0.2, 0.25) is 0 Å². The smallest absolute Gasteiger partial charge is 0.243 e. The topological polar surface area (TPSA) is 107 Å². The van der Waals surface area contributed by atoms with E-state index in [1.165, 1.54) is 0 Å². The van der Waals surface area contributed by atoms with Crippen molar-refractivity contribution < 1.29 is 14.3 Å². The molecular formula is C11H23N3O3. The van der Waals surface area contributed by atoms with Gasteiger partial charge in [-0.2, -0.15) is 0 Å². The molecule has 0 spiro atoms. The third-order valence-electron chi connectivity index (χ3n) is 2.33. The SMILES string of the molecule is CC(C)(C)C(N)CC(=O)NCCOCC(N)=O. The van der Waals surface area contributed by atoms with Gasteiger partial charge < -0.3 is 21.5 Å². The van der Waals surface area contributed by atoms with Gasteiger partial charge in [0.15, 0.2) is 0 Å². The fourth-order valence-electron chi connectivity index (χ4n) is 1.01. The van der Waals surface area contributed by atoms with Crippen LogP contribution in [0.5, 0.6) is 0 Å². The average Bonchev–Trinajstić information content (AvgIpc) is 2.15. The summed E-state index contributed by atoms with van der Waals surface area (Å²) in [6.45, 7) is 6.45. The first-order chi connectivity index (χ1) is 7.73. The second kappa shape index (κ2) is 7.24. The van der Waals surface area contributed by atoms with E-state index in [2.05, 4.69) is 5.32 Å². The normalized spacial score (nSPS) is 13.2. The molecule has 1 atom stereocenters. The molecule has 1 unspecified atom stereocenters. The van der Waals surface area contributed by atoms with Gasteiger partial charge in [-0.05, 0) is 5.41 Å². The molecule has 5 N–H and O–H groups in total. The second-order valence-corrected chi connectivity index (χ2v) is 5.05. The quantitative estimate of drug-likeness (QED) is 0.519. The van der Waals surface area contributed by atoms with Gasteiger partial charge in [-0.25, -0.2) is 0 Å². The van der Waals surface area contributed by atoms with Crippen molar-refractivity contribution in [3.05, 3.63) is 0 Å². The minimum atomic E-state index is -0.522. The Labute approximate surface area is 102 Å². The molecule has 0 radical (unpaired) electrons. The van der Waals surface area contributed by atoms with Crippen LogP contribution in [-0.2, 0) is 14.3 Å². The Bertz CT molecular complexity index is 261. The summed E-state index contributed by atoms with van der Waals surface area (Å²) >= 11 is 0. The predicted molar refractivity (Wildman–Crippen MR) is 65.1 cm³/mol. The molecule has 0 saturated carbocycles. The van der Waals surface area contributed by atoms with Crippen LogP contribution in [0.3, 0.4) is 0 Å². The van der Waals surface area contributed by atoms with Gasteiger partial charge in [0, 0.05) is 19.0 Å². The minimum Gasteiger partial charge on any atom is -0.370 e. The number of rotatable bonds is 7. The summed E-state index contributed by atoms with van der Waals surface area (Å²) in [5.74, 6) is -0.638. The van der Waals surface area contributed by atoms with Crippen LogP contribution in [0.4, 0.5) is 0 Å². The van der Waals surface area contributed by atoms with Crippen molar-refractivity contribution in [2.75, 3.05) is 19.8 Å². The Morgan fingerprint density at radius 2 is 1.94 bits per heavy atom. The standard InChI is InChI=1S/C11H23N3O3/c1-11(2,3)8(12)6-10(16)14-4-5-17-7-9(13)15/h8H,4-7,12H2,1-3H3,(H2,13,15)(H,14,16). The highest BCUT2D eigenvalue weighted by molar-refractivity contribution is 5.76. The molecule has 17 heavy (non-hydrogen) atoms. The third kappa shape index (κ3) is 8.65.